The first-order valence-corrected chi connectivity index (χ1v) is 14.9. The molecular formula is C28H30N4O4S2. The van der Waals surface area contributed by atoms with Crippen molar-refractivity contribution >= 4 is 48.4 Å². The topological polar surface area (TPSA) is 83.0 Å². The molecule has 8 nitrogen and oxygen atoms in total. The average molecular weight is 551 g/mol. The summed E-state index contributed by atoms with van der Waals surface area (Å²) >= 11 is 1.58. The number of benzene rings is 3. The van der Waals surface area contributed by atoms with Gasteiger partial charge in [-0.2, -0.15) is 4.31 Å². The van der Waals surface area contributed by atoms with Crippen molar-refractivity contribution < 1.29 is 17.9 Å². The number of nitrogens with zero attached hydrogens (tertiary/aromatic N) is 4. The molecule has 38 heavy (non-hydrogen) atoms. The summed E-state index contributed by atoms with van der Waals surface area (Å²) < 4.78 is 33.3. The smallest absolute Gasteiger partial charge is 0.343 e. The van der Waals surface area contributed by atoms with Crippen molar-refractivity contribution in [2.45, 2.75) is 18.7 Å². The Balaban J connectivity index is 1.24. The molecule has 0 N–H and O–H groups in total. The number of esters is 1. The highest BCUT2D eigenvalue weighted by Gasteiger charge is 2.23. The monoisotopic (exact) mass is 550 g/mol. The van der Waals surface area contributed by atoms with Crippen molar-refractivity contribution in [1.82, 2.24) is 9.29 Å². The number of anilines is 2. The number of rotatable bonds is 8. The SMILES string of the molecule is CCN(CC)S(=O)(=O)c1ccc(C(=O)Oc2ccc3nc(N4CCN(c5ccccc5)CC4)sc3c2)cc1. The number of aromatic nitrogens is 1. The molecule has 0 atom stereocenters. The molecule has 0 aliphatic carbocycles. The van der Waals surface area contributed by atoms with Gasteiger partial charge < -0.3 is 14.5 Å². The van der Waals surface area contributed by atoms with Crippen molar-refractivity contribution in [2.24, 2.45) is 0 Å². The molecule has 3 aromatic carbocycles. The maximum atomic E-state index is 12.8. The molecule has 10 heteroatoms. The lowest BCUT2D eigenvalue weighted by atomic mass is 10.2. The molecule has 5 rings (SSSR count). The molecule has 1 aromatic heterocycles. The van der Waals surface area contributed by atoms with Gasteiger partial charge in [0.2, 0.25) is 10.0 Å². The van der Waals surface area contributed by atoms with Crippen LogP contribution >= 0.6 is 11.3 Å². The molecule has 2 heterocycles. The first-order valence-electron chi connectivity index (χ1n) is 12.7. The lowest BCUT2D eigenvalue weighted by Crippen LogP contribution is -2.46. The maximum Gasteiger partial charge on any atom is 0.343 e. The van der Waals surface area contributed by atoms with Crippen LogP contribution in [-0.2, 0) is 10.0 Å². The Morgan fingerprint density at radius 1 is 0.921 bits per heavy atom. The average Bonchev–Trinajstić information content (AvgIpc) is 3.38. The van der Waals surface area contributed by atoms with Crippen LogP contribution in [0, 0.1) is 0 Å². The van der Waals surface area contributed by atoms with E-state index >= 15 is 0 Å². The molecule has 4 aromatic rings. The van der Waals surface area contributed by atoms with E-state index in [1.807, 2.05) is 18.2 Å². The lowest BCUT2D eigenvalue weighted by Gasteiger charge is -2.35. The van der Waals surface area contributed by atoms with Gasteiger partial charge in [0.1, 0.15) is 5.75 Å². The van der Waals surface area contributed by atoms with Gasteiger partial charge in [-0.05, 0) is 48.5 Å². The van der Waals surface area contributed by atoms with Crippen LogP contribution in [0.3, 0.4) is 0 Å². The van der Waals surface area contributed by atoms with Crippen LogP contribution in [0.2, 0.25) is 0 Å². The van der Waals surface area contributed by atoms with E-state index in [2.05, 4.69) is 34.1 Å². The van der Waals surface area contributed by atoms with Crippen molar-refractivity contribution in [3.63, 3.8) is 0 Å². The number of carbonyl (C=O) groups is 1. The van der Waals surface area contributed by atoms with E-state index in [9.17, 15) is 13.2 Å². The predicted octanol–water partition coefficient (Wildman–Crippen LogP) is 4.87. The molecule has 198 valence electrons. The number of sulfonamides is 1. The fourth-order valence-electron chi connectivity index (χ4n) is 4.53. The molecule has 0 unspecified atom stereocenters. The zero-order chi connectivity index (χ0) is 26.7. The Morgan fingerprint density at radius 2 is 1.58 bits per heavy atom. The zero-order valence-corrected chi connectivity index (χ0v) is 23.0. The Hall–Kier alpha value is -3.47. The van der Waals surface area contributed by atoms with E-state index in [-0.39, 0.29) is 10.5 Å². The van der Waals surface area contributed by atoms with E-state index in [1.165, 1.54) is 34.3 Å². The Kier molecular flexibility index (Phi) is 7.64. The predicted molar refractivity (Wildman–Crippen MR) is 152 cm³/mol. The van der Waals surface area contributed by atoms with Gasteiger partial charge in [-0.3, -0.25) is 0 Å². The molecule has 0 spiro atoms. The normalized spacial score (nSPS) is 14.3. The first-order chi connectivity index (χ1) is 18.4. The van der Waals surface area contributed by atoms with E-state index < -0.39 is 16.0 Å². The molecule has 0 amide bonds. The Morgan fingerprint density at radius 3 is 2.24 bits per heavy atom. The Bertz CT molecular complexity index is 1510. The molecule has 0 saturated carbocycles. The summed E-state index contributed by atoms with van der Waals surface area (Å²) in [6.45, 7) is 7.98. The highest BCUT2D eigenvalue weighted by atomic mass is 32.2. The second-order valence-corrected chi connectivity index (χ2v) is 11.9. The van der Waals surface area contributed by atoms with Crippen molar-refractivity contribution in [3.05, 3.63) is 78.4 Å². The number of thiazole rings is 1. The quantitative estimate of drug-likeness (QED) is 0.229. The van der Waals surface area contributed by atoms with Crippen molar-refractivity contribution in [1.29, 1.82) is 0 Å². The molecule has 0 bridgehead atoms. The molecule has 1 aliphatic heterocycles. The van der Waals surface area contributed by atoms with Gasteiger partial charge in [0, 0.05) is 51.0 Å². The minimum atomic E-state index is -3.58. The molecule has 0 radical (unpaired) electrons. The number of carbonyl (C=O) groups excluding carboxylic acids is 1. The van der Waals surface area contributed by atoms with E-state index in [0.29, 0.717) is 18.8 Å². The van der Waals surface area contributed by atoms with Gasteiger partial charge in [0.05, 0.1) is 20.7 Å². The van der Waals surface area contributed by atoms with Gasteiger partial charge in [0.25, 0.3) is 0 Å². The minimum absolute atomic E-state index is 0.154. The third-order valence-electron chi connectivity index (χ3n) is 6.66. The largest absolute Gasteiger partial charge is 0.423 e. The number of fused-ring (bicyclic) bond motifs is 1. The van der Waals surface area contributed by atoms with Gasteiger partial charge in [-0.15, -0.1) is 0 Å². The molecule has 1 saturated heterocycles. The summed E-state index contributed by atoms with van der Waals surface area (Å²) in [4.78, 5) is 22.4. The minimum Gasteiger partial charge on any atom is -0.423 e. The maximum absolute atomic E-state index is 12.8. The third-order valence-corrected chi connectivity index (χ3v) is 9.81. The fraction of sp³-hybridized carbons (Fsp3) is 0.286. The summed E-state index contributed by atoms with van der Waals surface area (Å²) in [5, 5.41) is 0.959. The second-order valence-electron chi connectivity index (χ2n) is 8.94. The molecule has 1 aliphatic rings. The summed E-state index contributed by atoms with van der Waals surface area (Å²) in [6.07, 6.45) is 0. The number of ether oxygens (including phenoxy) is 1. The lowest BCUT2D eigenvalue weighted by molar-refractivity contribution is 0.0735. The van der Waals surface area contributed by atoms with Crippen LogP contribution < -0.4 is 14.5 Å². The van der Waals surface area contributed by atoms with E-state index in [4.69, 9.17) is 9.72 Å². The number of hydrogen-bond donors (Lipinski definition) is 0. The van der Waals surface area contributed by atoms with Gasteiger partial charge in [0.15, 0.2) is 5.13 Å². The first kappa shape index (κ1) is 26.1. The number of hydrogen-bond acceptors (Lipinski definition) is 8. The molecular weight excluding hydrogens is 520 g/mol. The van der Waals surface area contributed by atoms with Crippen LogP contribution in [0.25, 0.3) is 10.2 Å². The third kappa shape index (κ3) is 5.38. The highest BCUT2D eigenvalue weighted by molar-refractivity contribution is 7.89. The van der Waals surface area contributed by atoms with Crippen LogP contribution in [0.4, 0.5) is 10.8 Å². The molecule has 1 fully saturated rings. The van der Waals surface area contributed by atoms with Crippen LogP contribution in [0.15, 0.2) is 77.7 Å². The van der Waals surface area contributed by atoms with Crippen LogP contribution in [-0.4, -0.2) is 62.9 Å². The fourth-order valence-corrected chi connectivity index (χ4v) is 7.03. The summed E-state index contributed by atoms with van der Waals surface area (Å²) in [6, 6.07) is 21.7. The van der Waals surface area contributed by atoms with Gasteiger partial charge in [-0.25, -0.2) is 18.2 Å². The number of piperazine rings is 1. The zero-order valence-electron chi connectivity index (χ0n) is 21.4. The van der Waals surface area contributed by atoms with Crippen LogP contribution in [0.5, 0.6) is 5.75 Å². The second kappa shape index (κ2) is 11.1. The van der Waals surface area contributed by atoms with E-state index in [0.717, 1.165) is 41.5 Å². The highest BCUT2D eigenvalue weighted by Crippen LogP contribution is 2.32. The summed E-state index contributed by atoms with van der Waals surface area (Å²) in [7, 11) is -3.58. The van der Waals surface area contributed by atoms with Gasteiger partial charge in [-0.1, -0.05) is 43.4 Å². The van der Waals surface area contributed by atoms with E-state index in [1.54, 1.807) is 31.3 Å². The van der Waals surface area contributed by atoms with Crippen molar-refractivity contribution in [2.75, 3.05) is 49.1 Å². The summed E-state index contributed by atoms with van der Waals surface area (Å²) in [5.41, 5.74) is 2.38. The summed E-state index contributed by atoms with van der Waals surface area (Å²) in [5.74, 6) is -0.121. The van der Waals surface area contributed by atoms with Gasteiger partial charge >= 0.3 is 5.97 Å². The van der Waals surface area contributed by atoms with Crippen molar-refractivity contribution in [3.8, 4) is 5.75 Å². The Labute approximate surface area is 227 Å². The standard InChI is InChI=1S/C28H30N4O4S2/c1-3-32(4-2)38(34,35)24-13-10-21(11-14-24)27(33)36-23-12-15-25-26(20-23)37-28(29-25)31-18-16-30(17-19-31)22-8-6-5-7-9-22/h5-15,20H,3-4,16-19H2,1-2H3. The number of para-hydroxylation sites is 1. The van der Waals surface area contributed by atoms with Crippen LogP contribution in [0.1, 0.15) is 24.2 Å².